The largest absolute Gasteiger partial charge is 0.493 e. The van der Waals surface area contributed by atoms with E-state index in [4.69, 9.17) is 18.9 Å². The summed E-state index contributed by atoms with van der Waals surface area (Å²) in [5.41, 5.74) is 2.11. The molecule has 2 aliphatic heterocycles. The van der Waals surface area contributed by atoms with Gasteiger partial charge in [-0.1, -0.05) is 36.4 Å². The summed E-state index contributed by atoms with van der Waals surface area (Å²) in [4.78, 5) is 29.1. The number of aliphatic imine (C=N–C) groups is 1. The molecule has 2 amide bonds. The number of esters is 1. The van der Waals surface area contributed by atoms with Gasteiger partial charge >= 0.3 is 12.0 Å². The van der Waals surface area contributed by atoms with Crippen LogP contribution in [0.2, 0.25) is 0 Å². The Labute approximate surface area is 192 Å². The van der Waals surface area contributed by atoms with Crippen molar-refractivity contribution in [2.45, 2.75) is 38.5 Å². The fourth-order valence-electron chi connectivity index (χ4n) is 4.08. The molecule has 33 heavy (non-hydrogen) atoms. The predicted octanol–water partition coefficient (Wildman–Crippen LogP) is 3.84. The second kappa shape index (κ2) is 10.5. The van der Waals surface area contributed by atoms with Crippen LogP contribution in [0, 0.1) is 5.92 Å². The number of amides is 2. The highest BCUT2D eigenvalue weighted by Crippen LogP contribution is 2.35. The molecule has 3 unspecified atom stereocenters. The Morgan fingerprint density at radius 3 is 2.73 bits per heavy atom. The van der Waals surface area contributed by atoms with Gasteiger partial charge in [0.2, 0.25) is 0 Å². The van der Waals surface area contributed by atoms with Gasteiger partial charge in [-0.2, -0.15) is 0 Å². The lowest BCUT2D eigenvalue weighted by Crippen LogP contribution is -2.44. The molecule has 0 saturated carbocycles. The summed E-state index contributed by atoms with van der Waals surface area (Å²) in [5, 5.41) is 2.81. The maximum atomic E-state index is 13.0. The molecule has 8 heteroatoms. The van der Waals surface area contributed by atoms with Crippen molar-refractivity contribution in [1.82, 2.24) is 5.32 Å². The molecule has 4 rings (SSSR count). The second-order valence-corrected chi connectivity index (χ2v) is 8.11. The third-order valence-corrected chi connectivity index (χ3v) is 5.81. The average Bonchev–Trinajstić information content (AvgIpc) is 3.35. The standard InChI is InChI=1S/C25H28N2O6/c1-16-22(24(28)33-15-19-9-6-12-31-19)23(27-25(29)26-16)18-10-11-20(30-2)21(13-18)32-14-17-7-4-3-5-8-17/h3-5,7-8,10-11,13,19,22-23H,6,9,12,14-15H2,1-2H3,(H,27,29). The highest BCUT2D eigenvalue weighted by atomic mass is 16.6. The fraction of sp³-hybridized carbons (Fsp3) is 0.400. The molecule has 0 aromatic heterocycles. The van der Waals surface area contributed by atoms with E-state index in [2.05, 4.69) is 10.3 Å². The lowest BCUT2D eigenvalue weighted by Gasteiger charge is -2.30. The summed E-state index contributed by atoms with van der Waals surface area (Å²) in [6, 6.07) is 14.0. The minimum Gasteiger partial charge on any atom is -0.493 e. The van der Waals surface area contributed by atoms with Crippen molar-refractivity contribution in [2.24, 2.45) is 10.9 Å². The van der Waals surface area contributed by atoms with Gasteiger partial charge in [-0.15, -0.1) is 0 Å². The van der Waals surface area contributed by atoms with Crippen molar-refractivity contribution in [1.29, 1.82) is 0 Å². The molecule has 3 atom stereocenters. The molecule has 0 radical (unpaired) electrons. The molecule has 2 aromatic rings. The molecule has 0 bridgehead atoms. The summed E-state index contributed by atoms with van der Waals surface area (Å²) in [6.45, 7) is 2.89. The van der Waals surface area contributed by atoms with E-state index < -0.39 is 24.0 Å². The van der Waals surface area contributed by atoms with E-state index in [0.29, 0.717) is 36.0 Å². The number of hydrogen-bond acceptors (Lipinski definition) is 6. The van der Waals surface area contributed by atoms with Crippen LogP contribution in [0.4, 0.5) is 4.79 Å². The molecule has 0 spiro atoms. The van der Waals surface area contributed by atoms with Crippen LogP contribution in [0.3, 0.4) is 0 Å². The van der Waals surface area contributed by atoms with Gasteiger partial charge in [-0.05, 0) is 43.0 Å². The van der Waals surface area contributed by atoms with Crippen LogP contribution in [-0.4, -0.2) is 44.1 Å². The van der Waals surface area contributed by atoms with Crippen LogP contribution < -0.4 is 14.8 Å². The van der Waals surface area contributed by atoms with Gasteiger partial charge in [0.05, 0.1) is 19.3 Å². The molecular formula is C25H28N2O6. The molecule has 2 aromatic carbocycles. The van der Waals surface area contributed by atoms with E-state index in [0.717, 1.165) is 18.4 Å². The van der Waals surface area contributed by atoms with Crippen LogP contribution in [-0.2, 0) is 20.9 Å². The first-order chi connectivity index (χ1) is 16.0. The topological polar surface area (TPSA) is 95.5 Å². The molecule has 1 fully saturated rings. The Bertz CT molecular complexity index is 1020. The van der Waals surface area contributed by atoms with E-state index in [1.807, 2.05) is 30.3 Å². The minimum absolute atomic E-state index is 0.0817. The number of carbonyl (C=O) groups is 2. The molecule has 2 heterocycles. The van der Waals surface area contributed by atoms with Gasteiger partial charge in [-0.25, -0.2) is 9.79 Å². The molecular weight excluding hydrogens is 424 g/mol. The molecule has 0 aliphatic carbocycles. The second-order valence-electron chi connectivity index (χ2n) is 8.11. The highest BCUT2D eigenvalue weighted by molar-refractivity contribution is 6.08. The zero-order chi connectivity index (χ0) is 23.2. The Hall–Kier alpha value is -3.39. The maximum Gasteiger partial charge on any atom is 0.341 e. The summed E-state index contributed by atoms with van der Waals surface area (Å²) >= 11 is 0. The lowest BCUT2D eigenvalue weighted by atomic mass is 9.88. The van der Waals surface area contributed by atoms with Gasteiger partial charge in [0.1, 0.15) is 19.1 Å². The molecule has 8 nitrogen and oxygen atoms in total. The number of benzene rings is 2. The predicted molar refractivity (Wildman–Crippen MR) is 122 cm³/mol. The van der Waals surface area contributed by atoms with Crippen LogP contribution in [0.1, 0.15) is 36.9 Å². The zero-order valence-electron chi connectivity index (χ0n) is 18.8. The van der Waals surface area contributed by atoms with Crippen molar-refractivity contribution in [3.05, 3.63) is 59.7 Å². The number of rotatable bonds is 8. The zero-order valence-corrected chi connectivity index (χ0v) is 18.8. The SMILES string of the molecule is COc1ccc(C2NC(=O)N=C(C)C2C(=O)OCC2CCCO2)cc1OCc1ccccc1. The van der Waals surface area contributed by atoms with Gasteiger partial charge in [-0.3, -0.25) is 4.79 Å². The maximum absolute atomic E-state index is 13.0. The third kappa shape index (κ3) is 5.51. The number of ether oxygens (including phenoxy) is 4. The van der Waals surface area contributed by atoms with E-state index in [1.165, 1.54) is 0 Å². The highest BCUT2D eigenvalue weighted by Gasteiger charge is 2.38. The molecule has 174 valence electrons. The van der Waals surface area contributed by atoms with Gasteiger partial charge < -0.3 is 24.3 Å². The van der Waals surface area contributed by atoms with Crippen molar-refractivity contribution in [2.75, 3.05) is 20.3 Å². The van der Waals surface area contributed by atoms with Crippen molar-refractivity contribution in [3.63, 3.8) is 0 Å². The Kier molecular flexibility index (Phi) is 7.24. The number of methoxy groups -OCH3 is 1. The van der Waals surface area contributed by atoms with Gasteiger partial charge in [0.25, 0.3) is 0 Å². The van der Waals surface area contributed by atoms with Crippen LogP contribution in [0.5, 0.6) is 11.5 Å². The average molecular weight is 453 g/mol. The van der Waals surface area contributed by atoms with E-state index in [1.54, 1.807) is 32.2 Å². The van der Waals surface area contributed by atoms with Crippen molar-refractivity contribution >= 4 is 17.7 Å². The minimum atomic E-state index is -0.750. The number of nitrogens with one attached hydrogen (secondary N) is 1. The van der Waals surface area contributed by atoms with Crippen LogP contribution in [0.25, 0.3) is 0 Å². The van der Waals surface area contributed by atoms with Crippen LogP contribution >= 0.6 is 0 Å². The fourth-order valence-corrected chi connectivity index (χ4v) is 4.08. The number of nitrogens with zero attached hydrogens (tertiary/aromatic N) is 1. The van der Waals surface area contributed by atoms with Crippen LogP contribution in [0.15, 0.2) is 53.5 Å². The van der Waals surface area contributed by atoms with E-state index >= 15 is 0 Å². The van der Waals surface area contributed by atoms with E-state index in [9.17, 15) is 9.59 Å². The first kappa shape index (κ1) is 22.8. The van der Waals surface area contributed by atoms with E-state index in [-0.39, 0.29) is 12.7 Å². The lowest BCUT2D eigenvalue weighted by molar-refractivity contribution is -0.150. The Morgan fingerprint density at radius 1 is 1.18 bits per heavy atom. The number of carbonyl (C=O) groups excluding carboxylic acids is 2. The normalized spacial score (nSPS) is 22.3. The first-order valence-electron chi connectivity index (χ1n) is 11.0. The summed E-state index contributed by atoms with van der Waals surface area (Å²) < 4.78 is 22.6. The van der Waals surface area contributed by atoms with Gasteiger partial charge in [0, 0.05) is 12.3 Å². The smallest absolute Gasteiger partial charge is 0.341 e. The Balaban J connectivity index is 1.55. The molecule has 1 N–H and O–H groups in total. The first-order valence-corrected chi connectivity index (χ1v) is 11.0. The summed E-state index contributed by atoms with van der Waals surface area (Å²) in [7, 11) is 1.56. The molecule has 1 saturated heterocycles. The van der Waals surface area contributed by atoms with Gasteiger partial charge in [0.15, 0.2) is 11.5 Å². The third-order valence-electron chi connectivity index (χ3n) is 5.81. The summed E-state index contributed by atoms with van der Waals surface area (Å²) in [6.07, 6.45) is 1.75. The quantitative estimate of drug-likeness (QED) is 0.612. The monoisotopic (exact) mass is 452 g/mol. The Morgan fingerprint density at radius 2 is 2.00 bits per heavy atom. The van der Waals surface area contributed by atoms with Crippen molar-refractivity contribution in [3.8, 4) is 11.5 Å². The summed E-state index contributed by atoms with van der Waals surface area (Å²) in [5.74, 6) is -0.127. The number of hydrogen-bond donors (Lipinski definition) is 1. The number of urea groups is 1. The molecule has 2 aliphatic rings. The van der Waals surface area contributed by atoms with Crippen molar-refractivity contribution < 1.29 is 28.5 Å².